The first kappa shape index (κ1) is 22.6. The summed E-state index contributed by atoms with van der Waals surface area (Å²) in [5.74, 6) is 1.14. The summed E-state index contributed by atoms with van der Waals surface area (Å²) in [7, 11) is 0. The number of carbonyl (C=O) groups excluding carboxylic acids is 1. The van der Waals surface area contributed by atoms with Crippen molar-refractivity contribution in [3.8, 4) is 6.07 Å². The Balaban J connectivity index is 1.42. The van der Waals surface area contributed by atoms with E-state index in [1.165, 1.54) is 23.1 Å². The molecule has 0 saturated heterocycles. The van der Waals surface area contributed by atoms with Gasteiger partial charge in [0.05, 0.1) is 24.1 Å². The van der Waals surface area contributed by atoms with E-state index < -0.39 is 0 Å². The van der Waals surface area contributed by atoms with Crippen LogP contribution in [0.4, 0.5) is 16.6 Å². The normalized spacial score (nSPS) is 10.7. The van der Waals surface area contributed by atoms with E-state index in [-0.39, 0.29) is 11.7 Å². The van der Waals surface area contributed by atoms with Crippen LogP contribution in [0.2, 0.25) is 0 Å². The Morgan fingerprint density at radius 2 is 2.09 bits per heavy atom. The van der Waals surface area contributed by atoms with Crippen molar-refractivity contribution in [2.75, 3.05) is 16.4 Å². The highest BCUT2D eigenvalue weighted by atomic mass is 32.2. The molecule has 8 nitrogen and oxygen atoms in total. The zero-order valence-corrected chi connectivity index (χ0v) is 20.0. The molecule has 0 aliphatic heterocycles. The van der Waals surface area contributed by atoms with Crippen molar-refractivity contribution in [2.24, 2.45) is 0 Å². The summed E-state index contributed by atoms with van der Waals surface area (Å²) in [6.45, 7) is 6.25. The van der Waals surface area contributed by atoms with E-state index >= 15 is 0 Å². The van der Waals surface area contributed by atoms with Gasteiger partial charge in [0.2, 0.25) is 11.0 Å². The summed E-state index contributed by atoms with van der Waals surface area (Å²) in [4.78, 5) is 12.7. The van der Waals surface area contributed by atoms with Crippen LogP contribution in [0, 0.1) is 32.1 Å². The standard InChI is InChI=1S/C23H22N6O2S2/c1-14-6-4-7-17(10-14)25-22-27-28-23(33-22)32-13-20(30)26-21-19(11-24)15(2)16(3)29(21)12-18-8-5-9-31-18/h4-10H,12-13H2,1-3H3,(H,25,27)(H,26,30). The van der Waals surface area contributed by atoms with Crippen LogP contribution in [0.1, 0.15) is 28.1 Å². The molecule has 0 fully saturated rings. The fourth-order valence-electron chi connectivity index (χ4n) is 3.35. The third-order valence-electron chi connectivity index (χ3n) is 5.10. The maximum atomic E-state index is 12.7. The number of furan rings is 1. The number of nitriles is 1. The first-order valence-corrected chi connectivity index (χ1v) is 12.0. The molecular formula is C23H22N6O2S2. The van der Waals surface area contributed by atoms with Crippen LogP contribution in [-0.2, 0) is 11.3 Å². The van der Waals surface area contributed by atoms with Crippen LogP contribution < -0.4 is 10.6 Å². The maximum absolute atomic E-state index is 12.7. The molecule has 1 aromatic carbocycles. The van der Waals surface area contributed by atoms with Gasteiger partial charge < -0.3 is 19.6 Å². The van der Waals surface area contributed by atoms with E-state index in [1.807, 2.05) is 61.7 Å². The molecule has 0 aliphatic rings. The zero-order valence-electron chi connectivity index (χ0n) is 18.4. The van der Waals surface area contributed by atoms with Crippen molar-refractivity contribution < 1.29 is 9.21 Å². The molecule has 3 aromatic heterocycles. The summed E-state index contributed by atoms with van der Waals surface area (Å²) >= 11 is 2.68. The number of rotatable bonds is 8. The molecule has 33 heavy (non-hydrogen) atoms. The second-order valence-corrected chi connectivity index (χ2v) is 9.62. The molecule has 1 amide bonds. The number of carbonyl (C=O) groups is 1. The number of aryl methyl sites for hydroxylation is 1. The number of amides is 1. The van der Waals surface area contributed by atoms with E-state index in [1.54, 1.807) is 6.26 Å². The van der Waals surface area contributed by atoms with E-state index in [0.717, 1.165) is 28.3 Å². The Morgan fingerprint density at radius 3 is 2.82 bits per heavy atom. The largest absolute Gasteiger partial charge is 0.467 e. The number of nitrogens with one attached hydrogen (secondary N) is 2. The molecule has 10 heteroatoms. The third-order valence-corrected chi connectivity index (χ3v) is 7.07. The quantitative estimate of drug-likeness (QED) is 0.333. The first-order valence-electron chi connectivity index (χ1n) is 10.2. The van der Waals surface area contributed by atoms with E-state index in [4.69, 9.17) is 4.42 Å². The summed E-state index contributed by atoms with van der Waals surface area (Å²) in [5.41, 5.74) is 4.28. The average molecular weight is 479 g/mol. The highest BCUT2D eigenvalue weighted by molar-refractivity contribution is 8.01. The van der Waals surface area contributed by atoms with Gasteiger partial charge in [-0.2, -0.15) is 5.26 Å². The number of aromatic nitrogens is 3. The molecule has 3 heterocycles. The highest BCUT2D eigenvalue weighted by Gasteiger charge is 2.20. The zero-order chi connectivity index (χ0) is 23.4. The molecule has 0 radical (unpaired) electrons. The first-order chi connectivity index (χ1) is 15.9. The van der Waals surface area contributed by atoms with Gasteiger partial charge in [0.25, 0.3) is 0 Å². The number of hydrogen-bond acceptors (Lipinski definition) is 8. The fraction of sp³-hybridized carbons (Fsp3) is 0.217. The topological polar surface area (TPSA) is 109 Å². The molecule has 0 bridgehead atoms. The summed E-state index contributed by atoms with van der Waals surface area (Å²) < 4.78 is 8.02. The van der Waals surface area contributed by atoms with Gasteiger partial charge in [0.15, 0.2) is 4.34 Å². The molecule has 4 rings (SSSR count). The van der Waals surface area contributed by atoms with E-state index in [9.17, 15) is 10.1 Å². The van der Waals surface area contributed by atoms with Crippen LogP contribution in [0.25, 0.3) is 0 Å². The number of anilines is 3. The minimum Gasteiger partial charge on any atom is -0.467 e. The minimum atomic E-state index is -0.224. The predicted molar refractivity (Wildman–Crippen MR) is 130 cm³/mol. The number of hydrogen-bond donors (Lipinski definition) is 2. The van der Waals surface area contributed by atoms with Crippen molar-refractivity contribution >= 4 is 45.6 Å². The van der Waals surface area contributed by atoms with E-state index in [2.05, 4.69) is 26.9 Å². The third kappa shape index (κ3) is 5.27. The van der Waals surface area contributed by atoms with Crippen LogP contribution in [0.5, 0.6) is 0 Å². The van der Waals surface area contributed by atoms with Crippen molar-refractivity contribution in [1.82, 2.24) is 14.8 Å². The van der Waals surface area contributed by atoms with E-state index in [0.29, 0.717) is 27.4 Å². The second-order valence-electron chi connectivity index (χ2n) is 7.42. The predicted octanol–water partition coefficient (Wildman–Crippen LogP) is 5.25. The molecular weight excluding hydrogens is 456 g/mol. The Labute approximate surface area is 199 Å². The number of thioether (sulfide) groups is 1. The lowest BCUT2D eigenvalue weighted by molar-refractivity contribution is -0.113. The SMILES string of the molecule is Cc1cccc(Nc2nnc(SCC(=O)Nc3c(C#N)c(C)c(C)n3Cc3ccco3)s2)c1. The van der Waals surface area contributed by atoms with Gasteiger partial charge in [0.1, 0.15) is 17.6 Å². The van der Waals surface area contributed by atoms with Crippen molar-refractivity contribution in [2.45, 2.75) is 31.7 Å². The van der Waals surface area contributed by atoms with Crippen LogP contribution in [0.3, 0.4) is 0 Å². The van der Waals surface area contributed by atoms with Crippen molar-refractivity contribution in [3.63, 3.8) is 0 Å². The minimum absolute atomic E-state index is 0.147. The number of nitrogens with zero attached hydrogens (tertiary/aromatic N) is 4. The Bertz CT molecular complexity index is 1320. The van der Waals surface area contributed by atoms with Gasteiger partial charge in [-0.1, -0.05) is 35.2 Å². The molecule has 2 N–H and O–H groups in total. The highest BCUT2D eigenvalue weighted by Crippen LogP contribution is 2.30. The van der Waals surface area contributed by atoms with Crippen LogP contribution in [0.15, 0.2) is 51.4 Å². The van der Waals surface area contributed by atoms with Gasteiger partial charge in [-0.3, -0.25) is 4.79 Å². The number of benzene rings is 1. The fourth-order valence-corrected chi connectivity index (χ4v) is 4.92. The Kier molecular flexibility index (Phi) is 6.82. The summed E-state index contributed by atoms with van der Waals surface area (Å²) in [6.07, 6.45) is 1.60. The van der Waals surface area contributed by atoms with Crippen LogP contribution in [-0.4, -0.2) is 26.4 Å². The van der Waals surface area contributed by atoms with Gasteiger partial charge in [-0.05, 0) is 56.2 Å². The summed E-state index contributed by atoms with van der Waals surface area (Å²) in [5, 5.41) is 24.8. The van der Waals surface area contributed by atoms with Gasteiger partial charge in [0, 0.05) is 11.4 Å². The molecule has 0 spiro atoms. The van der Waals surface area contributed by atoms with Crippen molar-refractivity contribution in [1.29, 1.82) is 5.26 Å². The average Bonchev–Trinajstić information content (AvgIpc) is 3.51. The molecule has 0 atom stereocenters. The molecule has 168 valence electrons. The molecule has 4 aromatic rings. The lowest BCUT2D eigenvalue weighted by atomic mass is 10.2. The Morgan fingerprint density at radius 1 is 1.24 bits per heavy atom. The lowest BCUT2D eigenvalue weighted by Crippen LogP contribution is -2.18. The summed E-state index contributed by atoms with van der Waals surface area (Å²) in [6, 6.07) is 13.9. The smallest absolute Gasteiger partial charge is 0.235 e. The van der Waals surface area contributed by atoms with Gasteiger partial charge in [-0.25, -0.2) is 0 Å². The van der Waals surface area contributed by atoms with Crippen molar-refractivity contribution in [3.05, 3.63) is 70.8 Å². The van der Waals surface area contributed by atoms with Gasteiger partial charge in [-0.15, -0.1) is 10.2 Å². The monoisotopic (exact) mass is 478 g/mol. The second kappa shape index (κ2) is 9.94. The Hall–Kier alpha value is -3.55. The molecule has 0 unspecified atom stereocenters. The molecule has 0 aliphatic carbocycles. The molecule has 0 saturated carbocycles. The maximum Gasteiger partial charge on any atom is 0.235 e. The van der Waals surface area contributed by atoms with Crippen LogP contribution >= 0.6 is 23.1 Å². The van der Waals surface area contributed by atoms with Gasteiger partial charge >= 0.3 is 0 Å². The lowest BCUT2D eigenvalue weighted by Gasteiger charge is -2.11.